The molecule has 0 amide bonds. The summed E-state index contributed by atoms with van der Waals surface area (Å²) < 4.78 is 0. The molecule has 0 aromatic rings. The highest BCUT2D eigenvalue weighted by atomic mass is 16.3. The van der Waals surface area contributed by atoms with E-state index in [4.69, 9.17) is 0 Å². The smallest absolute Gasteiger partial charge is 0.126 e. The molecule has 0 spiro atoms. The molecule has 0 saturated heterocycles. The van der Waals surface area contributed by atoms with Gasteiger partial charge in [-0.15, -0.1) is 0 Å². The van der Waals surface area contributed by atoms with Crippen LogP contribution in [0, 0.1) is 51.8 Å². The van der Waals surface area contributed by atoms with Crippen molar-refractivity contribution in [1.29, 1.82) is 0 Å². The summed E-state index contributed by atoms with van der Waals surface area (Å²) in [6, 6.07) is 0. The molecule has 1 N–H and O–H groups in total. The van der Waals surface area contributed by atoms with Crippen LogP contribution in [0.3, 0.4) is 0 Å². The fraction of sp³-hybridized carbons (Fsp3) is 0.815. The molecule has 3 fully saturated rings. The zero-order valence-electron chi connectivity index (χ0n) is 18.9. The molecule has 160 valence electrons. The molecule has 5 rings (SSSR count). The van der Waals surface area contributed by atoms with E-state index in [1.165, 1.54) is 44.0 Å². The van der Waals surface area contributed by atoms with Crippen LogP contribution in [0.4, 0.5) is 0 Å². The van der Waals surface area contributed by atoms with Gasteiger partial charge in [0.1, 0.15) is 6.29 Å². The number of aliphatic hydroxyl groups is 1. The number of aliphatic hydroxyl groups excluding tert-OH is 1. The number of rotatable bonds is 2. The summed E-state index contributed by atoms with van der Waals surface area (Å²) in [7, 11) is 0. The molecule has 29 heavy (non-hydrogen) atoms. The van der Waals surface area contributed by atoms with E-state index in [9.17, 15) is 9.90 Å². The first-order chi connectivity index (χ1) is 13.8. The summed E-state index contributed by atoms with van der Waals surface area (Å²) in [4.78, 5) is 12.4. The summed E-state index contributed by atoms with van der Waals surface area (Å²) in [6.07, 6.45) is 16.0. The van der Waals surface area contributed by atoms with E-state index in [0.717, 1.165) is 19.3 Å². The molecule has 5 aliphatic carbocycles. The van der Waals surface area contributed by atoms with Crippen LogP contribution in [-0.2, 0) is 4.79 Å². The number of hydrogen-bond acceptors (Lipinski definition) is 2. The van der Waals surface area contributed by atoms with Gasteiger partial charge in [-0.2, -0.15) is 0 Å². The van der Waals surface area contributed by atoms with Gasteiger partial charge in [0, 0.05) is 5.41 Å². The van der Waals surface area contributed by atoms with Gasteiger partial charge in [-0.1, -0.05) is 58.3 Å². The quantitative estimate of drug-likeness (QED) is 0.462. The zero-order valence-corrected chi connectivity index (χ0v) is 18.9. The predicted molar refractivity (Wildman–Crippen MR) is 117 cm³/mol. The zero-order chi connectivity index (χ0) is 20.6. The van der Waals surface area contributed by atoms with Crippen molar-refractivity contribution in [2.24, 2.45) is 51.8 Å². The number of allylic oxidation sites excluding steroid dienone is 3. The second-order valence-electron chi connectivity index (χ2n) is 11.9. The van der Waals surface area contributed by atoms with E-state index < -0.39 is 0 Å². The van der Waals surface area contributed by atoms with Crippen molar-refractivity contribution < 1.29 is 9.90 Å². The Bertz CT molecular complexity index is 764. The van der Waals surface area contributed by atoms with Gasteiger partial charge in [0.25, 0.3) is 0 Å². The lowest BCUT2D eigenvalue weighted by Crippen LogP contribution is -2.57. The normalized spacial score (nSPS) is 53.7. The Labute approximate surface area is 177 Å². The lowest BCUT2D eigenvalue weighted by atomic mass is 9.40. The monoisotopic (exact) mass is 396 g/mol. The van der Waals surface area contributed by atoms with Crippen LogP contribution in [0.25, 0.3) is 0 Å². The number of aldehydes is 1. The fourth-order valence-electron chi connectivity index (χ4n) is 9.73. The summed E-state index contributed by atoms with van der Waals surface area (Å²) in [6.45, 7) is 10.0. The minimum absolute atomic E-state index is 0.0810. The van der Waals surface area contributed by atoms with Crippen molar-refractivity contribution in [2.75, 3.05) is 6.61 Å². The van der Waals surface area contributed by atoms with Gasteiger partial charge in [-0.25, -0.2) is 0 Å². The number of hydrogen-bond donors (Lipinski definition) is 1. The maximum atomic E-state index is 12.4. The molecule has 0 bridgehead atoms. The molecule has 0 aromatic carbocycles. The fourth-order valence-corrected chi connectivity index (χ4v) is 9.73. The van der Waals surface area contributed by atoms with Crippen molar-refractivity contribution in [3.8, 4) is 0 Å². The average Bonchev–Trinajstić information content (AvgIpc) is 2.97. The van der Waals surface area contributed by atoms with Crippen LogP contribution in [0.5, 0.6) is 0 Å². The van der Waals surface area contributed by atoms with E-state index in [2.05, 4.69) is 39.8 Å². The van der Waals surface area contributed by atoms with E-state index >= 15 is 0 Å². The van der Waals surface area contributed by atoms with Crippen LogP contribution in [0.1, 0.15) is 79.1 Å². The Morgan fingerprint density at radius 1 is 1.14 bits per heavy atom. The van der Waals surface area contributed by atoms with E-state index in [1.807, 2.05) is 0 Å². The van der Waals surface area contributed by atoms with Gasteiger partial charge in [-0.3, -0.25) is 0 Å². The highest BCUT2D eigenvalue weighted by Gasteiger charge is 2.63. The molecule has 5 aliphatic rings. The molecule has 0 radical (unpaired) electrons. The lowest BCUT2D eigenvalue weighted by molar-refractivity contribution is -0.130. The predicted octanol–water partition coefficient (Wildman–Crippen LogP) is 5.96. The number of fused-ring (bicyclic) bond motifs is 7. The van der Waals surface area contributed by atoms with E-state index in [0.29, 0.717) is 40.9 Å². The van der Waals surface area contributed by atoms with Crippen molar-refractivity contribution in [2.45, 2.75) is 79.1 Å². The first-order valence-corrected chi connectivity index (χ1v) is 12.3. The second kappa shape index (κ2) is 6.55. The number of carbonyl (C=O) groups is 1. The van der Waals surface area contributed by atoms with Gasteiger partial charge >= 0.3 is 0 Å². The molecule has 0 heterocycles. The standard InChI is InChI=1S/C27H40O2/c1-17-6-5-11-27(16-29)13-10-22-20(24(17)27)7-8-23-25(22,3)12-9-21-18(2)14-19(15-28)26(21,23)4/h7,14,16-18,21-24,28H,5-6,8-13,15H2,1-4H3. The highest BCUT2D eigenvalue weighted by molar-refractivity contribution is 5.62. The SMILES string of the molecule is CC1C=C(CO)C2(C)C1CCC1(C)C3CCC4(C=O)CCCC(C)C4C3=CCC12. The molecule has 2 heteroatoms. The molecular weight excluding hydrogens is 356 g/mol. The largest absolute Gasteiger partial charge is 0.392 e. The first kappa shape index (κ1) is 20.0. The van der Waals surface area contributed by atoms with Gasteiger partial charge in [0.2, 0.25) is 0 Å². The Balaban J connectivity index is 1.58. The summed E-state index contributed by atoms with van der Waals surface area (Å²) in [5, 5.41) is 10.2. The Kier molecular flexibility index (Phi) is 4.53. The van der Waals surface area contributed by atoms with Crippen LogP contribution >= 0.6 is 0 Å². The molecule has 9 atom stereocenters. The molecule has 3 saturated carbocycles. The Morgan fingerprint density at radius 3 is 2.66 bits per heavy atom. The van der Waals surface area contributed by atoms with Crippen molar-refractivity contribution in [1.82, 2.24) is 0 Å². The van der Waals surface area contributed by atoms with Crippen LogP contribution in [0.2, 0.25) is 0 Å². The van der Waals surface area contributed by atoms with Crippen LogP contribution < -0.4 is 0 Å². The third-order valence-electron chi connectivity index (χ3n) is 11.0. The van der Waals surface area contributed by atoms with Gasteiger partial charge in [-0.05, 0) is 90.4 Å². The topological polar surface area (TPSA) is 37.3 Å². The van der Waals surface area contributed by atoms with Crippen LogP contribution in [0.15, 0.2) is 23.3 Å². The second-order valence-corrected chi connectivity index (χ2v) is 11.9. The molecular formula is C27H40O2. The Hall–Kier alpha value is -0.890. The molecule has 2 nitrogen and oxygen atoms in total. The van der Waals surface area contributed by atoms with E-state index in [-0.39, 0.29) is 17.4 Å². The molecule has 0 aliphatic heterocycles. The number of carbonyl (C=O) groups excluding carboxylic acids is 1. The van der Waals surface area contributed by atoms with Gasteiger partial charge < -0.3 is 9.90 Å². The summed E-state index contributed by atoms with van der Waals surface area (Å²) >= 11 is 0. The third-order valence-corrected chi connectivity index (χ3v) is 11.0. The van der Waals surface area contributed by atoms with Gasteiger partial charge in [0.15, 0.2) is 0 Å². The Morgan fingerprint density at radius 2 is 1.93 bits per heavy atom. The van der Waals surface area contributed by atoms with E-state index in [1.54, 1.807) is 5.57 Å². The lowest BCUT2D eigenvalue weighted by Gasteiger charge is -2.64. The maximum Gasteiger partial charge on any atom is 0.126 e. The first-order valence-electron chi connectivity index (χ1n) is 12.3. The van der Waals surface area contributed by atoms with Crippen molar-refractivity contribution in [3.05, 3.63) is 23.3 Å². The average molecular weight is 397 g/mol. The van der Waals surface area contributed by atoms with Gasteiger partial charge in [0.05, 0.1) is 6.61 Å². The minimum atomic E-state index is -0.0810. The molecule has 9 unspecified atom stereocenters. The summed E-state index contributed by atoms with van der Waals surface area (Å²) in [5.41, 5.74) is 3.34. The third kappa shape index (κ3) is 2.42. The summed E-state index contributed by atoms with van der Waals surface area (Å²) in [5.74, 6) is 3.64. The van der Waals surface area contributed by atoms with Crippen molar-refractivity contribution in [3.63, 3.8) is 0 Å². The highest BCUT2D eigenvalue weighted by Crippen LogP contribution is 2.71. The van der Waals surface area contributed by atoms with Crippen LogP contribution in [-0.4, -0.2) is 18.0 Å². The molecule has 0 aromatic heterocycles. The van der Waals surface area contributed by atoms with Crippen molar-refractivity contribution >= 4 is 6.29 Å². The maximum absolute atomic E-state index is 12.4. The minimum Gasteiger partial charge on any atom is -0.392 e.